The summed E-state index contributed by atoms with van der Waals surface area (Å²) in [5.41, 5.74) is 1.94. The summed E-state index contributed by atoms with van der Waals surface area (Å²) in [6.07, 6.45) is 1.17. The van der Waals surface area contributed by atoms with Gasteiger partial charge in [-0.05, 0) is 25.5 Å². The van der Waals surface area contributed by atoms with Gasteiger partial charge in [0.1, 0.15) is 0 Å². The van der Waals surface area contributed by atoms with Gasteiger partial charge in [-0.2, -0.15) is 0 Å². The van der Waals surface area contributed by atoms with E-state index in [1.54, 1.807) is 4.90 Å². The molecule has 1 heterocycles. The van der Waals surface area contributed by atoms with Crippen LogP contribution in [0.15, 0.2) is 24.3 Å². The fourth-order valence-corrected chi connectivity index (χ4v) is 3.30. The normalized spacial score (nSPS) is 16.8. The van der Waals surface area contributed by atoms with Crippen molar-refractivity contribution in [2.75, 3.05) is 30.8 Å². The highest BCUT2D eigenvalue weighted by molar-refractivity contribution is 7.88. The SMILES string of the molecule is CCN(C(=O)C1CN(S(C)(=O)=O)C1)c1ccccc1C. The summed E-state index contributed by atoms with van der Waals surface area (Å²) < 4.78 is 24.0. The number of nitrogens with zero attached hydrogens (tertiary/aromatic N) is 2. The number of para-hydroxylation sites is 1. The average Bonchev–Trinajstić information content (AvgIpc) is 2.28. The van der Waals surface area contributed by atoms with Gasteiger partial charge in [-0.15, -0.1) is 0 Å². The Morgan fingerprint density at radius 2 is 1.95 bits per heavy atom. The first kappa shape index (κ1) is 15.0. The Bertz CT molecular complexity index is 607. The first-order chi connectivity index (χ1) is 9.34. The molecule has 0 unspecified atom stereocenters. The van der Waals surface area contributed by atoms with E-state index in [1.165, 1.54) is 10.6 Å². The van der Waals surface area contributed by atoms with E-state index in [2.05, 4.69) is 0 Å². The summed E-state index contributed by atoms with van der Waals surface area (Å²) in [5.74, 6) is -0.231. The molecule has 1 aromatic carbocycles. The molecule has 0 spiro atoms. The molecule has 0 saturated carbocycles. The molecule has 0 radical (unpaired) electrons. The van der Waals surface area contributed by atoms with Crippen molar-refractivity contribution in [1.29, 1.82) is 0 Å². The summed E-state index contributed by atoms with van der Waals surface area (Å²) in [6.45, 7) is 5.06. The van der Waals surface area contributed by atoms with Crippen molar-refractivity contribution in [2.45, 2.75) is 13.8 Å². The fraction of sp³-hybridized carbons (Fsp3) is 0.500. The summed E-state index contributed by atoms with van der Waals surface area (Å²) in [5, 5.41) is 0. The zero-order chi connectivity index (χ0) is 14.9. The van der Waals surface area contributed by atoms with Crippen LogP contribution in [0.25, 0.3) is 0 Å². The number of carbonyl (C=O) groups excluding carboxylic acids is 1. The molecular formula is C14H20N2O3S. The van der Waals surface area contributed by atoms with Crippen molar-refractivity contribution in [3.05, 3.63) is 29.8 Å². The van der Waals surface area contributed by atoms with E-state index in [1.807, 2.05) is 38.1 Å². The smallest absolute Gasteiger partial charge is 0.232 e. The van der Waals surface area contributed by atoms with Gasteiger partial charge in [0.25, 0.3) is 0 Å². The van der Waals surface area contributed by atoms with Crippen LogP contribution < -0.4 is 4.90 Å². The first-order valence-corrected chi connectivity index (χ1v) is 8.51. The van der Waals surface area contributed by atoms with Crippen molar-refractivity contribution >= 4 is 21.6 Å². The van der Waals surface area contributed by atoms with Gasteiger partial charge in [0, 0.05) is 25.3 Å². The average molecular weight is 296 g/mol. The molecule has 5 nitrogen and oxygen atoms in total. The topological polar surface area (TPSA) is 57.7 Å². The minimum atomic E-state index is -3.18. The Kier molecular flexibility index (Phi) is 4.15. The van der Waals surface area contributed by atoms with Crippen molar-refractivity contribution in [3.8, 4) is 0 Å². The number of carbonyl (C=O) groups is 1. The number of sulfonamides is 1. The summed E-state index contributed by atoms with van der Waals surface area (Å²) in [7, 11) is -3.18. The second-order valence-electron chi connectivity index (χ2n) is 5.15. The molecule has 20 heavy (non-hydrogen) atoms. The zero-order valence-electron chi connectivity index (χ0n) is 12.0. The fourth-order valence-electron chi connectivity index (χ4n) is 2.40. The Labute approximate surface area is 120 Å². The highest BCUT2D eigenvalue weighted by Gasteiger charge is 2.39. The lowest BCUT2D eigenvalue weighted by Gasteiger charge is -2.38. The molecular weight excluding hydrogens is 276 g/mol. The Hall–Kier alpha value is -1.40. The molecule has 0 bridgehead atoms. The highest BCUT2D eigenvalue weighted by atomic mass is 32.2. The van der Waals surface area contributed by atoms with Gasteiger partial charge in [-0.25, -0.2) is 12.7 Å². The first-order valence-electron chi connectivity index (χ1n) is 6.66. The molecule has 0 N–H and O–H groups in total. The lowest BCUT2D eigenvalue weighted by molar-refractivity contribution is -0.125. The second-order valence-corrected chi connectivity index (χ2v) is 7.13. The van der Waals surface area contributed by atoms with E-state index >= 15 is 0 Å². The largest absolute Gasteiger partial charge is 0.312 e. The summed E-state index contributed by atoms with van der Waals surface area (Å²) >= 11 is 0. The van der Waals surface area contributed by atoms with E-state index in [0.717, 1.165) is 11.3 Å². The number of anilines is 1. The maximum Gasteiger partial charge on any atom is 0.232 e. The van der Waals surface area contributed by atoms with E-state index in [-0.39, 0.29) is 11.8 Å². The molecule has 1 aliphatic rings. The van der Waals surface area contributed by atoms with E-state index in [0.29, 0.717) is 19.6 Å². The molecule has 6 heteroatoms. The summed E-state index contributed by atoms with van der Waals surface area (Å²) in [6, 6.07) is 7.73. The Morgan fingerprint density at radius 3 is 2.45 bits per heavy atom. The molecule has 2 rings (SSSR count). The molecule has 1 saturated heterocycles. The lowest BCUT2D eigenvalue weighted by atomic mass is 10.0. The molecule has 0 atom stereocenters. The number of hydrogen-bond donors (Lipinski definition) is 0. The summed E-state index contributed by atoms with van der Waals surface area (Å²) in [4.78, 5) is 14.2. The van der Waals surface area contributed by atoms with Crippen molar-refractivity contribution in [3.63, 3.8) is 0 Å². The third-order valence-electron chi connectivity index (χ3n) is 3.65. The quantitative estimate of drug-likeness (QED) is 0.840. The molecule has 1 fully saturated rings. The standard InChI is InChI=1S/C14H20N2O3S/c1-4-16(13-8-6-5-7-11(13)2)14(17)12-9-15(10-12)20(3,18)19/h5-8,12H,4,9-10H2,1-3H3. The van der Waals surface area contributed by atoms with Gasteiger partial charge in [0.15, 0.2) is 0 Å². The van der Waals surface area contributed by atoms with E-state index < -0.39 is 10.0 Å². The number of rotatable bonds is 4. The molecule has 1 aliphatic heterocycles. The van der Waals surface area contributed by atoms with Crippen LogP contribution in [0.3, 0.4) is 0 Å². The van der Waals surface area contributed by atoms with Crippen LogP contribution in [0, 0.1) is 12.8 Å². The van der Waals surface area contributed by atoms with Gasteiger partial charge in [-0.1, -0.05) is 18.2 Å². The van der Waals surface area contributed by atoms with Crippen molar-refractivity contribution in [2.24, 2.45) is 5.92 Å². The third kappa shape index (κ3) is 2.86. The molecule has 0 aliphatic carbocycles. The lowest BCUT2D eigenvalue weighted by Crippen LogP contribution is -2.56. The van der Waals surface area contributed by atoms with Crippen LogP contribution in [-0.4, -0.2) is 44.5 Å². The van der Waals surface area contributed by atoms with Gasteiger partial charge in [-0.3, -0.25) is 4.79 Å². The van der Waals surface area contributed by atoms with Crippen LogP contribution in [-0.2, 0) is 14.8 Å². The van der Waals surface area contributed by atoms with Crippen LogP contribution in [0.5, 0.6) is 0 Å². The minimum Gasteiger partial charge on any atom is -0.312 e. The predicted molar refractivity (Wildman–Crippen MR) is 79.1 cm³/mol. The van der Waals surface area contributed by atoms with Gasteiger partial charge in [0.05, 0.1) is 12.2 Å². The predicted octanol–water partition coefficient (Wildman–Crippen LogP) is 1.24. The van der Waals surface area contributed by atoms with Gasteiger partial charge < -0.3 is 4.90 Å². The minimum absolute atomic E-state index is 0.00157. The third-order valence-corrected chi connectivity index (χ3v) is 4.89. The maximum absolute atomic E-state index is 12.5. The van der Waals surface area contributed by atoms with Gasteiger partial charge in [0.2, 0.25) is 15.9 Å². The van der Waals surface area contributed by atoms with Crippen LogP contribution >= 0.6 is 0 Å². The number of benzene rings is 1. The van der Waals surface area contributed by atoms with E-state index in [4.69, 9.17) is 0 Å². The second kappa shape index (κ2) is 5.54. The van der Waals surface area contributed by atoms with Crippen molar-refractivity contribution in [1.82, 2.24) is 4.31 Å². The van der Waals surface area contributed by atoms with Crippen LogP contribution in [0.1, 0.15) is 12.5 Å². The van der Waals surface area contributed by atoms with Crippen LogP contribution in [0.4, 0.5) is 5.69 Å². The van der Waals surface area contributed by atoms with E-state index in [9.17, 15) is 13.2 Å². The molecule has 1 amide bonds. The monoisotopic (exact) mass is 296 g/mol. The molecule has 1 aromatic rings. The Morgan fingerprint density at radius 1 is 1.35 bits per heavy atom. The molecule has 110 valence electrons. The molecule has 0 aromatic heterocycles. The van der Waals surface area contributed by atoms with Gasteiger partial charge >= 0.3 is 0 Å². The number of hydrogen-bond acceptors (Lipinski definition) is 3. The highest BCUT2D eigenvalue weighted by Crippen LogP contribution is 2.26. The van der Waals surface area contributed by atoms with Crippen molar-refractivity contribution < 1.29 is 13.2 Å². The van der Waals surface area contributed by atoms with Crippen LogP contribution in [0.2, 0.25) is 0 Å². The Balaban J connectivity index is 2.11. The number of amides is 1. The maximum atomic E-state index is 12.5. The zero-order valence-corrected chi connectivity index (χ0v) is 12.9. The number of aryl methyl sites for hydroxylation is 1.